The summed E-state index contributed by atoms with van der Waals surface area (Å²) in [4.78, 5) is 19.2. The molecule has 0 aliphatic carbocycles. The first kappa shape index (κ1) is 19.2. The Balaban J connectivity index is 1.84. The third-order valence-corrected chi connectivity index (χ3v) is 6.83. The molecule has 1 aromatic rings. The van der Waals surface area contributed by atoms with Crippen molar-refractivity contribution >= 4 is 16.1 Å². The fourth-order valence-corrected chi connectivity index (χ4v) is 4.66. The Morgan fingerprint density at radius 3 is 2.69 bits per heavy atom. The molecule has 1 aromatic heterocycles. The van der Waals surface area contributed by atoms with E-state index in [1.807, 2.05) is 0 Å². The minimum atomic E-state index is -3.47. The van der Waals surface area contributed by atoms with Gasteiger partial charge in [-0.25, -0.2) is 0 Å². The highest BCUT2D eigenvalue weighted by atomic mass is 32.2. The SMILES string of the molecule is CN(C)S(=O)(=O)N1CCC[C@H](c2ncccc2C(=O)N2CCOCC2)C1. The third-order valence-electron chi connectivity index (χ3n) is 4.93. The normalized spacial score (nSPS) is 22.6. The topological polar surface area (TPSA) is 83.1 Å². The van der Waals surface area contributed by atoms with Crippen LogP contribution in [0, 0.1) is 0 Å². The highest BCUT2D eigenvalue weighted by molar-refractivity contribution is 7.86. The van der Waals surface area contributed by atoms with Crippen molar-refractivity contribution in [1.29, 1.82) is 0 Å². The van der Waals surface area contributed by atoms with Gasteiger partial charge in [0.15, 0.2) is 0 Å². The van der Waals surface area contributed by atoms with Crippen molar-refractivity contribution in [1.82, 2.24) is 18.5 Å². The van der Waals surface area contributed by atoms with E-state index < -0.39 is 10.2 Å². The van der Waals surface area contributed by atoms with Gasteiger partial charge in [0.05, 0.1) is 24.5 Å². The maximum Gasteiger partial charge on any atom is 0.281 e. The molecule has 144 valence electrons. The number of rotatable bonds is 4. The minimum absolute atomic E-state index is 0.0519. The zero-order chi connectivity index (χ0) is 18.7. The van der Waals surface area contributed by atoms with E-state index in [2.05, 4.69) is 4.98 Å². The molecule has 0 spiro atoms. The Hall–Kier alpha value is -1.55. The molecule has 2 fully saturated rings. The molecule has 26 heavy (non-hydrogen) atoms. The minimum Gasteiger partial charge on any atom is -0.378 e. The van der Waals surface area contributed by atoms with Crippen molar-refractivity contribution in [3.63, 3.8) is 0 Å². The van der Waals surface area contributed by atoms with E-state index in [0.717, 1.165) is 12.8 Å². The third kappa shape index (κ3) is 3.90. The van der Waals surface area contributed by atoms with Gasteiger partial charge < -0.3 is 9.64 Å². The number of aromatic nitrogens is 1. The lowest BCUT2D eigenvalue weighted by molar-refractivity contribution is 0.0301. The Kier molecular flexibility index (Phi) is 5.91. The van der Waals surface area contributed by atoms with E-state index in [1.54, 1.807) is 23.2 Å². The molecule has 3 rings (SSSR count). The number of hydrogen-bond donors (Lipinski definition) is 0. The van der Waals surface area contributed by atoms with E-state index in [-0.39, 0.29) is 11.8 Å². The number of carbonyl (C=O) groups is 1. The predicted molar refractivity (Wildman–Crippen MR) is 97.1 cm³/mol. The smallest absolute Gasteiger partial charge is 0.281 e. The lowest BCUT2D eigenvalue weighted by Gasteiger charge is -2.34. The monoisotopic (exact) mass is 382 g/mol. The van der Waals surface area contributed by atoms with Crippen LogP contribution in [-0.2, 0) is 14.9 Å². The van der Waals surface area contributed by atoms with Crippen LogP contribution in [0.4, 0.5) is 0 Å². The maximum atomic E-state index is 12.9. The average molecular weight is 382 g/mol. The van der Waals surface area contributed by atoms with Gasteiger partial charge in [0.25, 0.3) is 16.1 Å². The number of carbonyl (C=O) groups excluding carboxylic acids is 1. The zero-order valence-corrected chi connectivity index (χ0v) is 16.1. The number of piperidine rings is 1. The summed E-state index contributed by atoms with van der Waals surface area (Å²) in [5, 5.41) is 0. The Labute approximate surface area is 154 Å². The summed E-state index contributed by atoms with van der Waals surface area (Å²) in [7, 11) is -0.398. The summed E-state index contributed by atoms with van der Waals surface area (Å²) < 4.78 is 33.0. The molecule has 0 saturated carbocycles. The first-order chi connectivity index (χ1) is 12.4. The van der Waals surface area contributed by atoms with Crippen LogP contribution < -0.4 is 0 Å². The molecule has 0 unspecified atom stereocenters. The van der Waals surface area contributed by atoms with Crippen molar-refractivity contribution < 1.29 is 17.9 Å². The molecule has 0 bridgehead atoms. The first-order valence-corrected chi connectivity index (χ1v) is 10.3. The van der Waals surface area contributed by atoms with Crippen LogP contribution in [0.1, 0.15) is 34.8 Å². The van der Waals surface area contributed by atoms with Crippen molar-refractivity contribution in [3.8, 4) is 0 Å². The first-order valence-electron chi connectivity index (χ1n) is 8.91. The molecule has 9 heteroatoms. The van der Waals surface area contributed by atoms with Crippen molar-refractivity contribution in [2.45, 2.75) is 18.8 Å². The van der Waals surface area contributed by atoms with Gasteiger partial charge in [0.1, 0.15) is 0 Å². The fourth-order valence-electron chi connectivity index (χ4n) is 3.47. The maximum absolute atomic E-state index is 12.9. The van der Waals surface area contributed by atoms with Crippen LogP contribution in [0.15, 0.2) is 18.3 Å². The van der Waals surface area contributed by atoms with E-state index in [4.69, 9.17) is 4.74 Å². The Morgan fingerprint density at radius 1 is 1.27 bits per heavy atom. The molecule has 0 aromatic carbocycles. The molecule has 2 aliphatic rings. The van der Waals surface area contributed by atoms with Crippen molar-refractivity contribution in [2.24, 2.45) is 0 Å². The molecule has 1 atom stereocenters. The molecular formula is C17H26N4O4S. The van der Waals surface area contributed by atoms with Crippen LogP contribution in [0.25, 0.3) is 0 Å². The van der Waals surface area contributed by atoms with Gasteiger partial charge in [-0.15, -0.1) is 0 Å². The summed E-state index contributed by atoms with van der Waals surface area (Å²) >= 11 is 0. The molecule has 3 heterocycles. The van der Waals surface area contributed by atoms with Gasteiger partial charge in [-0.1, -0.05) is 0 Å². The highest BCUT2D eigenvalue weighted by Gasteiger charge is 2.33. The summed E-state index contributed by atoms with van der Waals surface area (Å²) in [6.07, 6.45) is 3.24. The van der Waals surface area contributed by atoms with Gasteiger partial charge in [-0.2, -0.15) is 17.0 Å². The standard InChI is InChI=1S/C17H26N4O4S/c1-19(2)26(23,24)21-8-4-5-14(13-21)16-15(6-3-7-18-16)17(22)20-9-11-25-12-10-20/h3,6-7,14H,4-5,8-13H2,1-2H3/t14-/m0/s1. The average Bonchev–Trinajstić information content (AvgIpc) is 2.68. The largest absolute Gasteiger partial charge is 0.378 e. The van der Waals surface area contributed by atoms with E-state index in [9.17, 15) is 13.2 Å². The van der Waals surface area contributed by atoms with Gasteiger partial charge in [0.2, 0.25) is 0 Å². The van der Waals surface area contributed by atoms with E-state index in [0.29, 0.717) is 50.7 Å². The number of pyridine rings is 1. The van der Waals surface area contributed by atoms with E-state index in [1.165, 1.54) is 22.7 Å². The summed E-state index contributed by atoms with van der Waals surface area (Å²) in [6, 6.07) is 3.55. The number of morpholine rings is 1. The second kappa shape index (κ2) is 7.99. The molecule has 8 nitrogen and oxygen atoms in total. The predicted octanol–water partition coefficient (Wildman–Crippen LogP) is 0.540. The van der Waals surface area contributed by atoms with Crippen LogP contribution in [0.5, 0.6) is 0 Å². The number of ether oxygens (including phenoxy) is 1. The Bertz CT molecular complexity index is 747. The summed E-state index contributed by atoms with van der Waals surface area (Å²) in [5.74, 6) is -0.136. The second-order valence-corrected chi connectivity index (χ2v) is 8.97. The molecule has 0 N–H and O–H groups in total. The van der Waals surface area contributed by atoms with Crippen LogP contribution in [-0.4, -0.2) is 86.3 Å². The van der Waals surface area contributed by atoms with Crippen molar-refractivity contribution in [3.05, 3.63) is 29.6 Å². The molecule has 1 amide bonds. The zero-order valence-electron chi connectivity index (χ0n) is 15.3. The number of amides is 1. The summed E-state index contributed by atoms with van der Waals surface area (Å²) in [6.45, 7) is 3.06. The van der Waals surface area contributed by atoms with Crippen molar-refractivity contribution in [2.75, 3.05) is 53.5 Å². The molecular weight excluding hydrogens is 356 g/mol. The van der Waals surface area contributed by atoms with Gasteiger partial charge in [0, 0.05) is 52.4 Å². The highest BCUT2D eigenvalue weighted by Crippen LogP contribution is 2.30. The molecule has 2 saturated heterocycles. The number of hydrogen-bond acceptors (Lipinski definition) is 5. The second-order valence-electron chi connectivity index (χ2n) is 6.83. The number of nitrogens with zero attached hydrogens (tertiary/aromatic N) is 4. The van der Waals surface area contributed by atoms with Gasteiger partial charge in [-0.3, -0.25) is 9.78 Å². The van der Waals surface area contributed by atoms with Crippen LogP contribution in [0.3, 0.4) is 0 Å². The van der Waals surface area contributed by atoms with Crippen LogP contribution >= 0.6 is 0 Å². The van der Waals surface area contributed by atoms with E-state index >= 15 is 0 Å². The lowest BCUT2D eigenvalue weighted by atomic mass is 9.92. The summed E-state index contributed by atoms with van der Waals surface area (Å²) in [5.41, 5.74) is 1.27. The quantitative estimate of drug-likeness (QED) is 0.759. The lowest BCUT2D eigenvalue weighted by Crippen LogP contribution is -2.45. The molecule has 2 aliphatic heterocycles. The van der Waals surface area contributed by atoms with Crippen LogP contribution in [0.2, 0.25) is 0 Å². The fraction of sp³-hybridized carbons (Fsp3) is 0.647. The van der Waals surface area contributed by atoms with Gasteiger partial charge >= 0.3 is 0 Å². The molecule has 0 radical (unpaired) electrons. The Morgan fingerprint density at radius 2 is 2.00 bits per heavy atom. The van der Waals surface area contributed by atoms with Gasteiger partial charge in [-0.05, 0) is 25.0 Å².